The minimum Gasteiger partial charge on any atom is -0.379 e. The number of ether oxygens (including phenoxy) is 2. The van der Waals surface area contributed by atoms with Crippen molar-refractivity contribution < 1.29 is 9.47 Å². The Labute approximate surface area is 180 Å². The molecule has 0 N–H and O–H groups in total. The fourth-order valence-corrected chi connectivity index (χ4v) is 4.11. The first-order chi connectivity index (χ1) is 14.8. The minimum absolute atomic E-state index is 0.442. The molecular formula is C21H25ClN6O2. The summed E-state index contributed by atoms with van der Waals surface area (Å²) in [4.78, 5) is 18.3. The van der Waals surface area contributed by atoms with Gasteiger partial charge in [-0.05, 0) is 12.1 Å². The minimum atomic E-state index is 0.442. The van der Waals surface area contributed by atoms with Crippen molar-refractivity contribution >= 4 is 28.6 Å². The highest BCUT2D eigenvalue weighted by atomic mass is 35.5. The van der Waals surface area contributed by atoms with Crippen molar-refractivity contribution in [2.45, 2.75) is 6.54 Å². The molecule has 0 amide bonds. The van der Waals surface area contributed by atoms with E-state index in [2.05, 4.69) is 42.5 Å². The number of nitrogens with zero attached hydrogens (tertiary/aromatic N) is 6. The molecule has 2 saturated heterocycles. The summed E-state index contributed by atoms with van der Waals surface area (Å²) in [5.41, 5.74) is 3.87. The summed E-state index contributed by atoms with van der Waals surface area (Å²) in [6.07, 6.45) is 1.92. The maximum absolute atomic E-state index is 6.31. The lowest BCUT2D eigenvalue weighted by molar-refractivity contribution is 0.0365. The molecule has 2 fully saturated rings. The highest BCUT2D eigenvalue weighted by Gasteiger charge is 2.17. The molecule has 1 aromatic carbocycles. The Bertz CT molecular complexity index is 1010. The topological polar surface area (TPSA) is 68.5 Å². The van der Waals surface area contributed by atoms with E-state index in [1.807, 2.05) is 12.4 Å². The number of anilines is 1. The molecule has 0 spiro atoms. The van der Waals surface area contributed by atoms with Crippen molar-refractivity contribution in [2.75, 3.05) is 64.1 Å². The number of aromatic nitrogens is 4. The van der Waals surface area contributed by atoms with Crippen LogP contribution in [0.4, 0.5) is 5.95 Å². The third-order valence-electron chi connectivity index (χ3n) is 5.65. The second-order valence-electron chi connectivity index (χ2n) is 7.57. The van der Waals surface area contributed by atoms with Gasteiger partial charge in [-0.3, -0.25) is 4.90 Å². The summed E-state index contributed by atoms with van der Waals surface area (Å²) in [7, 11) is 0. The number of rotatable bonds is 5. The summed E-state index contributed by atoms with van der Waals surface area (Å²) < 4.78 is 13.1. The molecule has 0 saturated carbocycles. The first-order valence-corrected chi connectivity index (χ1v) is 10.8. The standard InChI is InChI=1S/C21H25ClN6O2/c22-20-14-17(24-21(25-20)27-7-11-30-12-8-27)16-1-2-19-18(13-16)23-15-28(19)4-3-26-5-9-29-10-6-26/h1-2,13-15H,3-12H2. The molecule has 30 heavy (non-hydrogen) atoms. The first kappa shape index (κ1) is 19.7. The maximum atomic E-state index is 6.31. The number of morpholine rings is 2. The van der Waals surface area contributed by atoms with Gasteiger partial charge in [0, 0.05) is 50.9 Å². The number of hydrogen-bond donors (Lipinski definition) is 0. The van der Waals surface area contributed by atoms with Crippen LogP contribution in [0.25, 0.3) is 22.3 Å². The molecule has 2 aliphatic rings. The van der Waals surface area contributed by atoms with E-state index in [0.29, 0.717) is 24.3 Å². The van der Waals surface area contributed by atoms with E-state index in [1.54, 1.807) is 0 Å². The first-order valence-electron chi connectivity index (χ1n) is 10.4. The van der Waals surface area contributed by atoms with Crippen molar-refractivity contribution in [3.63, 3.8) is 0 Å². The summed E-state index contributed by atoms with van der Waals surface area (Å²) in [6.45, 7) is 8.45. The second-order valence-corrected chi connectivity index (χ2v) is 7.96. The van der Waals surface area contributed by atoms with E-state index >= 15 is 0 Å². The van der Waals surface area contributed by atoms with E-state index in [0.717, 1.165) is 74.8 Å². The van der Waals surface area contributed by atoms with Crippen LogP contribution in [0.3, 0.4) is 0 Å². The quantitative estimate of drug-likeness (QED) is 0.577. The Morgan fingerprint density at radius 1 is 0.900 bits per heavy atom. The van der Waals surface area contributed by atoms with Crippen LogP contribution >= 0.6 is 11.6 Å². The van der Waals surface area contributed by atoms with Gasteiger partial charge < -0.3 is 18.9 Å². The molecule has 0 aliphatic carbocycles. The van der Waals surface area contributed by atoms with Gasteiger partial charge in [-0.2, -0.15) is 0 Å². The number of imidazole rings is 1. The Morgan fingerprint density at radius 3 is 2.47 bits per heavy atom. The van der Waals surface area contributed by atoms with Crippen molar-refractivity contribution in [3.05, 3.63) is 35.7 Å². The van der Waals surface area contributed by atoms with Crippen LogP contribution in [-0.2, 0) is 16.0 Å². The molecule has 2 aliphatic heterocycles. The zero-order valence-corrected chi connectivity index (χ0v) is 17.6. The molecule has 0 bridgehead atoms. The summed E-state index contributed by atoms with van der Waals surface area (Å²) in [5.74, 6) is 0.650. The number of fused-ring (bicyclic) bond motifs is 1. The average molecular weight is 429 g/mol. The predicted octanol–water partition coefficient (Wildman–Crippen LogP) is 2.32. The van der Waals surface area contributed by atoms with Gasteiger partial charge in [-0.1, -0.05) is 17.7 Å². The average Bonchev–Trinajstić information content (AvgIpc) is 3.21. The lowest BCUT2D eigenvalue weighted by Gasteiger charge is -2.27. The third kappa shape index (κ3) is 4.27. The summed E-state index contributed by atoms with van der Waals surface area (Å²) in [5, 5.41) is 0.442. The van der Waals surface area contributed by atoms with Crippen LogP contribution in [0, 0.1) is 0 Å². The highest BCUT2D eigenvalue weighted by molar-refractivity contribution is 6.29. The van der Waals surface area contributed by atoms with Gasteiger partial charge in [0.25, 0.3) is 0 Å². The molecule has 8 nitrogen and oxygen atoms in total. The lowest BCUT2D eigenvalue weighted by Crippen LogP contribution is -2.38. The second kappa shape index (κ2) is 8.85. The van der Waals surface area contributed by atoms with Gasteiger partial charge in [0.2, 0.25) is 5.95 Å². The summed E-state index contributed by atoms with van der Waals surface area (Å²) in [6, 6.07) is 8.07. The van der Waals surface area contributed by atoms with Crippen LogP contribution in [0.5, 0.6) is 0 Å². The van der Waals surface area contributed by atoms with E-state index in [4.69, 9.17) is 26.1 Å². The Balaban J connectivity index is 1.37. The largest absolute Gasteiger partial charge is 0.379 e. The molecule has 3 aromatic rings. The van der Waals surface area contributed by atoms with Crippen LogP contribution in [0.15, 0.2) is 30.6 Å². The summed E-state index contributed by atoms with van der Waals surface area (Å²) >= 11 is 6.31. The number of hydrogen-bond acceptors (Lipinski definition) is 7. The van der Waals surface area contributed by atoms with Crippen molar-refractivity contribution in [1.29, 1.82) is 0 Å². The lowest BCUT2D eigenvalue weighted by atomic mass is 10.1. The number of benzene rings is 1. The van der Waals surface area contributed by atoms with E-state index < -0.39 is 0 Å². The molecule has 0 radical (unpaired) electrons. The molecule has 4 heterocycles. The molecular weight excluding hydrogens is 404 g/mol. The molecule has 5 rings (SSSR count). The Morgan fingerprint density at radius 2 is 1.67 bits per heavy atom. The maximum Gasteiger partial charge on any atom is 0.227 e. The monoisotopic (exact) mass is 428 g/mol. The van der Waals surface area contributed by atoms with E-state index in [9.17, 15) is 0 Å². The van der Waals surface area contributed by atoms with E-state index in [-0.39, 0.29) is 0 Å². The smallest absolute Gasteiger partial charge is 0.227 e. The molecule has 0 atom stereocenters. The molecule has 0 unspecified atom stereocenters. The zero-order chi connectivity index (χ0) is 20.3. The van der Waals surface area contributed by atoms with Crippen molar-refractivity contribution in [1.82, 2.24) is 24.4 Å². The number of halogens is 1. The van der Waals surface area contributed by atoms with E-state index in [1.165, 1.54) is 0 Å². The third-order valence-corrected chi connectivity index (χ3v) is 5.85. The van der Waals surface area contributed by atoms with Crippen LogP contribution in [0.2, 0.25) is 5.15 Å². The SMILES string of the molecule is Clc1cc(-c2ccc3c(c2)ncn3CCN2CCOCC2)nc(N2CCOCC2)n1. The van der Waals surface area contributed by atoms with Crippen LogP contribution in [-0.4, -0.2) is 83.6 Å². The van der Waals surface area contributed by atoms with Crippen LogP contribution in [0.1, 0.15) is 0 Å². The van der Waals surface area contributed by atoms with Crippen molar-refractivity contribution in [3.8, 4) is 11.3 Å². The van der Waals surface area contributed by atoms with Gasteiger partial charge in [-0.25, -0.2) is 15.0 Å². The fourth-order valence-electron chi connectivity index (χ4n) is 3.93. The van der Waals surface area contributed by atoms with Crippen molar-refractivity contribution in [2.24, 2.45) is 0 Å². The van der Waals surface area contributed by atoms with Gasteiger partial charge in [0.05, 0.1) is 49.5 Å². The van der Waals surface area contributed by atoms with Crippen LogP contribution < -0.4 is 4.90 Å². The Hall–Kier alpha value is -2.26. The van der Waals surface area contributed by atoms with Gasteiger partial charge >= 0.3 is 0 Å². The predicted molar refractivity (Wildman–Crippen MR) is 116 cm³/mol. The highest BCUT2D eigenvalue weighted by Crippen LogP contribution is 2.26. The molecule has 9 heteroatoms. The normalized spacial score (nSPS) is 18.2. The molecule has 2 aromatic heterocycles. The van der Waals surface area contributed by atoms with Gasteiger partial charge in [0.15, 0.2) is 0 Å². The Kier molecular flexibility index (Phi) is 5.81. The fraction of sp³-hybridized carbons (Fsp3) is 0.476. The zero-order valence-electron chi connectivity index (χ0n) is 16.8. The molecule has 158 valence electrons. The van der Waals surface area contributed by atoms with Gasteiger partial charge in [-0.15, -0.1) is 0 Å². The van der Waals surface area contributed by atoms with Gasteiger partial charge in [0.1, 0.15) is 5.15 Å².